The fraction of sp³-hybridized carbons (Fsp3) is 0.500. The zero-order valence-corrected chi connectivity index (χ0v) is 15.8. The quantitative estimate of drug-likeness (QED) is 0.848. The maximum Gasteiger partial charge on any atom is 0.254 e. The van der Waals surface area contributed by atoms with Crippen LogP contribution in [0.2, 0.25) is 10.0 Å². The van der Waals surface area contributed by atoms with E-state index in [4.69, 9.17) is 28.9 Å². The van der Waals surface area contributed by atoms with Crippen molar-refractivity contribution in [1.82, 2.24) is 9.80 Å². The maximum absolute atomic E-state index is 12.9. The second-order valence-electron chi connectivity index (χ2n) is 6.82. The first-order valence-electron chi connectivity index (χ1n) is 8.72. The van der Waals surface area contributed by atoms with Crippen molar-refractivity contribution in [2.45, 2.75) is 31.7 Å². The van der Waals surface area contributed by atoms with Gasteiger partial charge in [0, 0.05) is 41.2 Å². The molecule has 0 saturated carbocycles. The number of carbonyl (C=O) groups is 3. The van der Waals surface area contributed by atoms with Gasteiger partial charge in [0.25, 0.3) is 5.91 Å². The Kier molecular flexibility index (Phi) is 5.73. The van der Waals surface area contributed by atoms with E-state index < -0.39 is 6.04 Å². The van der Waals surface area contributed by atoms with Gasteiger partial charge >= 0.3 is 0 Å². The molecule has 0 spiro atoms. The first-order chi connectivity index (χ1) is 12.4. The number of hydrogen-bond donors (Lipinski definition) is 1. The highest BCUT2D eigenvalue weighted by Gasteiger charge is 2.38. The van der Waals surface area contributed by atoms with Crippen LogP contribution >= 0.6 is 23.2 Å². The molecule has 0 bridgehead atoms. The number of benzene rings is 1. The van der Waals surface area contributed by atoms with Gasteiger partial charge in [0.1, 0.15) is 6.04 Å². The molecule has 1 aromatic rings. The Morgan fingerprint density at radius 1 is 0.962 bits per heavy atom. The SMILES string of the molecule is NC(=O)C1CCN(C(=O)[C@H]2CCCN2C(=O)c2cc(Cl)cc(Cl)c2)CC1. The van der Waals surface area contributed by atoms with Gasteiger partial charge in [0.05, 0.1) is 0 Å². The number of piperidine rings is 1. The number of nitrogens with zero attached hydrogens (tertiary/aromatic N) is 2. The van der Waals surface area contributed by atoms with Gasteiger partial charge in [0.2, 0.25) is 11.8 Å². The summed E-state index contributed by atoms with van der Waals surface area (Å²) in [4.78, 5) is 40.4. The zero-order valence-electron chi connectivity index (χ0n) is 14.3. The Balaban J connectivity index is 1.70. The van der Waals surface area contributed by atoms with Crippen molar-refractivity contribution in [2.24, 2.45) is 11.7 Å². The molecule has 6 nitrogen and oxygen atoms in total. The summed E-state index contributed by atoms with van der Waals surface area (Å²) in [6.45, 7) is 1.51. The molecule has 2 aliphatic rings. The summed E-state index contributed by atoms with van der Waals surface area (Å²) in [5.74, 6) is -0.786. The van der Waals surface area contributed by atoms with Crippen molar-refractivity contribution < 1.29 is 14.4 Å². The smallest absolute Gasteiger partial charge is 0.254 e. The van der Waals surface area contributed by atoms with Gasteiger partial charge in [-0.25, -0.2) is 0 Å². The summed E-state index contributed by atoms with van der Waals surface area (Å²) >= 11 is 12.0. The second kappa shape index (κ2) is 7.84. The third-order valence-corrected chi connectivity index (χ3v) is 5.55. The minimum absolute atomic E-state index is 0.0631. The van der Waals surface area contributed by atoms with Crippen LogP contribution in [-0.4, -0.2) is 53.2 Å². The standard InChI is InChI=1S/C18H21Cl2N3O3/c19-13-8-12(9-14(20)10-13)17(25)23-5-1-2-15(23)18(26)22-6-3-11(4-7-22)16(21)24/h8-11,15H,1-7H2,(H2,21,24)/t15-/m1/s1. The highest BCUT2D eigenvalue weighted by molar-refractivity contribution is 6.35. The second-order valence-corrected chi connectivity index (χ2v) is 7.69. The molecular formula is C18H21Cl2N3O3. The predicted octanol–water partition coefficient (Wildman–Crippen LogP) is 2.32. The first-order valence-corrected chi connectivity index (χ1v) is 9.47. The Labute approximate surface area is 162 Å². The van der Waals surface area contributed by atoms with E-state index in [1.807, 2.05) is 0 Å². The molecule has 1 aromatic carbocycles. The van der Waals surface area contributed by atoms with E-state index in [0.29, 0.717) is 54.5 Å². The lowest BCUT2D eigenvalue weighted by molar-refractivity contribution is -0.138. The van der Waals surface area contributed by atoms with Gasteiger partial charge < -0.3 is 15.5 Å². The molecule has 1 atom stereocenters. The van der Waals surface area contributed by atoms with Crippen LogP contribution in [0, 0.1) is 5.92 Å². The summed E-state index contributed by atoms with van der Waals surface area (Å²) in [5.41, 5.74) is 5.73. The average molecular weight is 398 g/mol. The van der Waals surface area contributed by atoms with Crippen molar-refractivity contribution in [3.8, 4) is 0 Å². The summed E-state index contributed by atoms with van der Waals surface area (Å²) < 4.78 is 0. The summed E-state index contributed by atoms with van der Waals surface area (Å²) in [6, 6.07) is 4.21. The molecule has 3 rings (SSSR count). The number of carbonyl (C=O) groups excluding carboxylic acids is 3. The van der Waals surface area contributed by atoms with Crippen molar-refractivity contribution in [3.63, 3.8) is 0 Å². The molecule has 8 heteroatoms. The molecule has 3 amide bonds. The predicted molar refractivity (Wildman–Crippen MR) is 99.0 cm³/mol. The molecule has 0 aliphatic carbocycles. The Bertz CT molecular complexity index is 712. The largest absolute Gasteiger partial charge is 0.369 e. The molecule has 2 saturated heterocycles. The first kappa shape index (κ1) is 19.0. The molecule has 26 heavy (non-hydrogen) atoms. The van der Waals surface area contributed by atoms with E-state index in [0.717, 1.165) is 6.42 Å². The summed E-state index contributed by atoms with van der Waals surface area (Å²) in [5, 5.41) is 0.771. The average Bonchev–Trinajstić information content (AvgIpc) is 3.09. The third kappa shape index (κ3) is 3.96. The zero-order chi connectivity index (χ0) is 18.8. The Morgan fingerprint density at radius 3 is 2.15 bits per heavy atom. The molecule has 2 heterocycles. The van der Waals surface area contributed by atoms with Crippen molar-refractivity contribution in [3.05, 3.63) is 33.8 Å². The third-order valence-electron chi connectivity index (χ3n) is 5.12. The molecule has 0 radical (unpaired) electrons. The normalized spacial score (nSPS) is 21.1. The molecule has 140 valence electrons. The molecule has 2 N–H and O–H groups in total. The molecule has 0 aromatic heterocycles. The van der Waals surface area contributed by atoms with E-state index in [1.165, 1.54) is 0 Å². The minimum atomic E-state index is -0.481. The number of hydrogen-bond acceptors (Lipinski definition) is 3. The van der Waals surface area contributed by atoms with Gasteiger partial charge in [-0.1, -0.05) is 23.2 Å². The Hall–Kier alpha value is -1.79. The molecular weight excluding hydrogens is 377 g/mol. The monoisotopic (exact) mass is 397 g/mol. The van der Waals surface area contributed by atoms with E-state index in [2.05, 4.69) is 0 Å². The van der Waals surface area contributed by atoms with Crippen LogP contribution in [0.3, 0.4) is 0 Å². The van der Waals surface area contributed by atoms with Crippen LogP contribution in [0.1, 0.15) is 36.0 Å². The van der Waals surface area contributed by atoms with Crippen LogP contribution < -0.4 is 5.73 Å². The van der Waals surface area contributed by atoms with E-state index in [-0.39, 0.29) is 23.6 Å². The number of halogens is 2. The van der Waals surface area contributed by atoms with Crippen LogP contribution in [-0.2, 0) is 9.59 Å². The Morgan fingerprint density at radius 2 is 1.58 bits per heavy atom. The van der Waals surface area contributed by atoms with Crippen molar-refractivity contribution in [2.75, 3.05) is 19.6 Å². The van der Waals surface area contributed by atoms with Crippen molar-refractivity contribution in [1.29, 1.82) is 0 Å². The van der Waals surface area contributed by atoms with E-state index in [1.54, 1.807) is 28.0 Å². The number of nitrogens with two attached hydrogens (primary N) is 1. The fourth-order valence-corrected chi connectivity index (χ4v) is 4.23. The maximum atomic E-state index is 12.9. The van der Waals surface area contributed by atoms with Gasteiger partial charge in [-0.05, 0) is 43.9 Å². The number of primary amides is 1. The lowest BCUT2D eigenvalue weighted by Gasteiger charge is -2.34. The van der Waals surface area contributed by atoms with Crippen molar-refractivity contribution >= 4 is 40.9 Å². The molecule has 2 aliphatic heterocycles. The lowest BCUT2D eigenvalue weighted by atomic mass is 9.95. The summed E-state index contributed by atoms with van der Waals surface area (Å²) in [7, 11) is 0. The molecule has 2 fully saturated rings. The highest BCUT2D eigenvalue weighted by atomic mass is 35.5. The van der Waals surface area contributed by atoms with Gasteiger partial charge in [-0.2, -0.15) is 0 Å². The van der Waals surface area contributed by atoms with Crippen LogP contribution in [0.25, 0.3) is 0 Å². The lowest BCUT2D eigenvalue weighted by Crippen LogP contribution is -2.50. The van der Waals surface area contributed by atoms with Gasteiger partial charge in [-0.3, -0.25) is 14.4 Å². The van der Waals surface area contributed by atoms with Crippen LogP contribution in [0.5, 0.6) is 0 Å². The number of likely N-dealkylation sites (tertiary alicyclic amines) is 2. The van der Waals surface area contributed by atoms with E-state index >= 15 is 0 Å². The highest BCUT2D eigenvalue weighted by Crippen LogP contribution is 2.27. The number of rotatable bonds is 3. The minimum Gasteiger partial charge on any atom is -0.369 e. The fourth-order valence-electron chi connectivity index (χ4n) is 3.70. The van der Waals surface area contributed by atoms with Crippen LogP contribution in [0.4, 0.5) is 0 Å². The number of amides is 3. The van der Waals surface area contributed by atoms with E-state index in [9.17, 15) is 14.4 Å². The molecule has 0 unspecified atom stereocenters. The van der Waals surface area contributed by atoms with Gasteiger partial charge in [0.15, 0.2) is 0 Å². The van der Waals surface area contributed by atoms with Crippen LogP contribution in [0.15, 0.2) is 18.2 Å². The van der Waals surface area contributed by atoms with Gasteiger partial charge in [-0.15, -0.1) is 0 Å². The topological polar surface area (TPSA) is 83.7 Å². The summed E-state index contributed by atoms with van der Waals surface area (Å²) in [6.07, 6.45) is 2.56.